The van der Waals surface area contributed by atoms with Crippen molar-refractivity contribution in [3.8, 4) is 6.01 Å². The first-order valence-corrected chi connectivity index (χ1v) is 7.72. The fourth-order valence-corrected chi connectivity index (χ4v) is 2.71. The van der Waals surface area contributed by atoms with Gasteiger partial charge in [-0.15, -0.1) is 0 Å². The largest absolute Gasteiger partial charge is 0.490 e. The third kappa shape index (κ3) is 3.99. The molecular weight excluding hydrogens is 422 g/mol. The highest BCUT2D eigenvalue weighted by Gasteiger charge is 2.57. The van der Waals surface area contributed by atoms with Crippen LogP contribution in [-0.2, 0) is 23.8 Å². The van der Waals surface area contributed by atoms with E-state index in [-0.39, 0.29) is 11.6 Å². The number of esters is 2. The predicted molar refractivity (Wildman–Crippen MR) is 74.5 cm³/mol. The maximum Gasteiger partial charge on any atom is 0.490 e. The van der Waals surface area contributed by atoms with Gasteiger partial charge in [0.05, 0.1) is 0 Å². The minimum absolute atomic E-state index is 0.109. The van der Waals surface area contributed by atoms with Gasteiger partial charge >= 0.3 is 30.3 Å². The zero-order valence-corrected chi connectivity index (χ0v) is 14.1. The van der Waals surface area contributed by atoms with E-state index in [1.165, 1.54) is 13.1 Å². The third-order valence-electron chi connectivity index (χ3n) is 3.97. The molecule has 0 N–H and O–H groups in total. The Labute approximate surface area is 156 Å². The van der Waals surface area contributed by atoms with Gasteiger partial charge in [0, 0.05) is 11.8 Å². The molecule has 1 fully saturated rings. The van der Waals surface area contributed by atoms with Crippen molar-refractivity contribution in [1.29, 1.82) is 0 Å². The molecule has 1 aromatic rings. The van der Waals surface area contributed by atoms with Gasteiger partial charge < -0.3 is 18.9 Å². The van der Waals surface area contributed by atoms with Gasteiger partial charge in [-0.1, -0.05) is 0 Å². The first-order valence-electron chi connectivity index (χ1n) is 7.72. The number of carbonyl (C=O) groups excluding carboxylic acids is 2. The van der Waals surface area contributed by atoms with Gasteiger partial charge in [-0.3, -0.25) is 9.36 Å². The zero-order chi connectivity index (χ0) is 21.7. The van der Waals surface area contributed by atoms with E-state index >= 15 is 0 Å². The number of ether oxygens (including phenoxy) is 4. The monoisotopic (exact) mass is 432 g/mol. The number of alkyl halides is 6. The minimum Gasteiger partial charge on any atom is -0.456 e. The average Bonchev–Trinajstić information content (AvgIpc) is 3.08. The van der Waals surface area contributed by atoms with Gasteiger partial charge in [0.15, 0.2) is 18.4 Å². The summed E-state index contributed by atoms with van der Waals surface area (Å²) in [5, 5.41) is 0. The standard InChI is InChI=1S/C14H10F6N2O7/c1-4-2-22-9-7(29-12(22)21-8(4)23)6(28-11(25)14(18,19)20)5(27-9)3-26-10(24)13(15,16)17/h2,5-7,9H,3H2,1H3. The van der Waals surface area contributed by atoms with Crippen LogP contribution in [0.2, 0.25) is 0 Å². The van der Waals surface area contributed by atoms with Gasteiger partial charge in [-0.05, 0) is 6.92 Å². The lowest BCUT2D eigenvalue weighted by atomic mass is 10.1. The summed E-state index contributed by atoms with van der Waals surface area (Å²) in [6, 6.07) is -0.352. The van der Waals surface area contributed by atoms with E-state index in [1.807, 2.05) is 0 Å². The summed E-state index contributed by atoms with van der Waals surface area (Å²) >= 11 is 0. The topological polar surface area (TPSA) is 106 Å². The van der Waals surface area contributed by atoms with Crippen LogP contribution in [0.15, 0.2) is 11.0 Å². The summed E-state index contributed by atoms with van der Waals surface area (Å²) in [5.74, 6) is -5.27. The van der Waals surface area contributed by atoms with E-state index in [0.717, 1.165) is 4.57 Å². The lowest BCUT2D eigenvalue weighted by Crippen LogP contribution is -2.43. The molecule has 3 heterocycles. The Kier molecular flexibility index (Phi) is 4.96. The molecule has 2 aliphatic rings. The van der Waals surface area contributed by atoms with Crippen molar-refractivity contribution in [1.82, 2.24) is 9.55 Å². The summed E-state index contributed by atoms with van der Waals surface area (Å²) < 4.78 is 94.4. The van der Waals surface area contributed by atoms with Crippen molar-refractivity contribution < 1.29 is 54.9 Å². The number of carbonyl (C=O) groups is 2. The predicted octanol–water partition coefficient (Wildman–Crippen LogP) is 0.790. The second-order valence-electron chi connectivity index (χ2n) is 6.03. The Balaban J connectivity index is 1.85. The van der Waals surface area contributed by atoms with E-state index in [4.69, 9.17) is 9.47 Å². The third-order valence-corrected chi connectivity index (χ3v) is 3.97. The maximum absolute atomic E-state index is 12.6. The molecule has 160 valence electrons. The Hall–Kier alpha value is -2.84. The second kappa shape index (κ2) is 6.89. The minimum atomic E-state index is -5.42. The molecular formula is C14H10F6N2O7. The highest BCUT2D eigenvalue weighted by atomic mass is 19.4. The normalized spacial score (nSPS) is 25.8. The molecule has 15 heteroatoms. The van der Waals surface area contributed by atoms with Crippen LogP contribution in [-0.4, -0.2) is 58.8 Å². The Morgan fingerprint density at radius 3 is 2.38 bits per heavy atom. The van der Waals surface area contributed by atoms with Crippen LogP contribution < -0.4 is 10.3 Å². The van der Waals surface area contributed by atoms with Crippen LogP contribution in [0.25, 0.3) is 0 Å². The molecule has 0 bridgehead atoms. The van der Waals surface area contributed by atoms with Crippen LogP contribution in [0.4, 0.5) is 26.3 Å². The van der Waals surface area contributed by atoms with E-state index < -0.39 is 61.0 Å². The van der Waals surface area contributed by atoms with Crippen molar-refractivity contribution in [3.05, 3.63) is 22.1 Å². The van der Waals surface area contributed by atoms with Crippen molar-refractivity contribution >= 4 is 11.9 Å². The lowest BCUT2D eigenvalue weighted by Gasteiger charge is -2.22. The molecule has 0 aromatic carbocycles. The van der Waals surface area contributed by atoms with E-state index in [1.54, 1.807) is 0 Å². The van der Waals surface area contributed by atoms with Crippen molar-refractivity contribution in [2.45, 2.75) is 43.8 Å². The number of hydrogen-bond acceptors (Lipinski definition) is 8. The Morgan fingerprint density at radius 1 is 1.17 bits per heavy atom. The van der Waals surface area contributed by atoms with Crippen LogP contribution >= 0.6 is 0 Å². The Morgan fingerprint density at radius 2 is 1.79 bits per heavy atom. The summed E-state index contributed by atoms with van der Waals surface area (Å²) in [7, 11) is 0. The summed E-state index contributed by atoms with van der Waals surface area (Å²) in [6.45, 7) is 0.196. The maximum atomic E-state index is 12.6. The molecule has 0 radical (unpaired) electrons. The SMILES string of the molecule is Cc1cn2c(nc1=O)OC1C(OC(=O)C(F)(F)F)C(COC(=O)C(F)(F)F)OC12. The fraction of sp³-hybridized carbons (Fsp3) is 0.571. The number of nitrogens with zero attached hydrogens (tertiary/aromatic N) is 2. The smallest absolute Gasteiger partial charge is 0.456 e. The highest BCUT2D eigenvalue weighted by molar-refractivity contribution is 5.76. The molecule has 4 unspecified atom stereocenters. The lowest BCUT2D eigenvalue weighted by molar-refractivity contribution is -0.213. The van der Waals surface area contributed by atoms with E-state index in [0.29, 0.717) is 0 Å². The number of fused-ring (bicyclic) bond motifs is 3. The van der Waals surface area contributed by atoms with Gasteiger partial charge in [0.1, 0.15) is 12.7 Å². The zero-order valence-electron chi connectivity index (χ0n) is 14.1. The molecule has 0 aliphatic carbocycles. The van der Waals surface area contributed by atoms with Crippen molar-refractivity contribution in [2.24, 2.45) is 0 Å². The number of rotatable bonds is 3. The average molecular weight is 432 g/mol. The van der Waals surface area contributed by atoms with Crippen LogP contribution in [0.3, 0.4) is 0 Å². The number of halogens is 6. The molecule has 2 aliphatic heterocycles. The van der Waals surface area contributed by atoms with Gasteiger partial charge in [0.2, 0.25) is 0 Å². The molecule has 0 amide bonds. The van der Waals surface area contributed by atoms with Crippen molar-refractivity contribution in [3.63, 3.8) is 0 Å². The Bertz CT molecular complexity index is 896. The number of hydrogen-bond donors (Lipinski definition) is 0. The summed E-state index contributed by atoms with van der Waals surface area (Å²) in [5.41, 5.74) is -0.590. The first kappa shape index (κ1) is 20.9. The number of aryl methyl sites for hydroxylation is 1. The molecule has 1 aromatic heterocycles. The van der Waals surface area contributed by atoms with Gasteiger partial charge in [-0.25, -0.2) is 9.59 Å². The summed E-state index contributed by atoms with van der Waals surface area (Å²) in [6.07, 6.45) is -16.0. The number of aromatic nitrogens is 2. The molecule has 1 saturated heterocycles. The van der Waals surface area contributed by atoms with E-state index in [2.05, 4.69) is 14.5 Å². The second-order valence-corrected chi connectivity index (χ2v) is 6.03. The van der Waals surface area contributed by atoms with Crippen LogP contribution in [0, 0.1) is 6.92 Å². The molecule has 29 heavy (non-hydrogen) atoms. The van der Waals surface area contributed by atoms with Crippen LogP contribution in [0.1, 0.15) is 11.8 Å². The molecule has 9 nitrogen and oxygen atoms in total. The highest BCUT2D eigenvalue weighted by Crippen LogP contribution is 2.41. The summed E-state index contributed by atoms with van der Waals surface area (Å²) in [4.78, 5) is 37.2. The molecule has 3 rings (SSSR count). The molecule has 0 spiro atoms. The molecule has 0 saturated carbocycles. The van der Waals surface area contributed by atoms with Gasteiger partial charge in [0.25, 0.3) is 5.56 Å². The van der Waals surface area contributed by atoms with E-state index in [9.17, 15) is 40.7 Å². The van der Waals surface area contributed by atoms with Crippen molar-refractivity contribution in [2.75, 3.05) is 6.61 Å². The quantitative estimate of drug-likeness (QED) is 0.510. The first-order chi connectivity index (χ1) is 13.3. The van der Waals surface area contributed by atoms with Gasteiger partial charge in [-0.2, -0.15) is 31.3 Å². The fourth-order valence-electron chi connectivity index (χ4n) is 2.71. The van der Waals surface area contributed by atoms with Crippen LogP contribution in [0.5, 0.6) is 6.01 Å². The molecule has 4 atom stereocenters.